The molecule has 5 heteroatoms. The van der Waals surface area contributed by atoms with E-state index < -0.39 is 0 Å². The van der Waals surface area contributed by atoms with Gasteiger partial charge in [-0.05, 0) is 26.0 Å². The van der Waals surface area contributed by atoms with Gasteiger partial charge in [-0.3, -0.25) is 4.99 Å². The van der Waals surface area contributed by atoms with Crippen molar-refractivity contribution in [3.63, 3.8) is 0 Å². The number of aliphatic imine (C=N–C) groups is 1. The van der Waals surface area contributed by atoms with E-state index in [0.717, 1.165) is 24.9 Å². The van der Waals surface area contributed by atoms with Crippen LogP contribution >= 0.6 is 0 Å². The van der Waals surface area contributed by atoms with Crippen molar-refractivity contribution in [1.29, 1.82) is 0 Å². The van der Waals surface area contributed by atoms with Crippen LogP contribution in [0.2, 0.25) is 0 Å². The number of hydrogen-bond donors (Lipinski definition) is 2. The molecule has 112 valence electrons. The van der Waals surface area contributed by atoms with Gasteiger partial charge in [-0.15, -0.1) is 0 Å². The average Bonchev–Trinajstić information content (AvgIpc) is 2.49. The zero-order valence-electron chi connectivity index (χ0n) is 12.4. The fourth-order valence-electron chi connectivity index (χ4n) is 1.56. The number of guanidine groups is 1. The number of rotatable bonds is 9. The molecule has 0 radical (unpaired) electrons. The minimum atomic E-state index is 0.597. The van der Waals surface area contributed by atoms with Crippen molar-refractivity contribution in [2.45, 2.75) is 13.8 Å². The zero-order chi connectivity index (χ0) is 14.5. The summed E-state index contributed by atoms with van der Waals surface area (Å²) in [6.07, 6.45) is 0. The highest BCUT2D eigenvalue weighted by atomic mass is 16.5. The van der Waals surface area contributed by atoms with E-state index in [-0.39, 0.29) is 0 Å². The summed E-state index contributed by atoms with van der Waals surface area (Å²) in [6.45, 7) is 8.18. The largest absolute Gasteiger partial charge is 0.492 e. The Morgan fingerprint density at radius 1 is 1.10 bits per heavy atom. The average molecular weight is 279 g/mol. The van der Waals surface area contributed by atoms with Crippen molar-refractivity contribution in [2.75, 3.05) is 39.5 Å². The molecule has 0 aliphatic carbocycles. The lowest BCUT2D eigenvalue weighted by atomic mass is 10.3. The van der Waals surface area contributed by atoms with Gasteiger partial charge in [0.25, 0.3) is 0 Å². The lowest BCUT2D eigenvalue weighted by Gasteiger charge is -2.12. The molecule has 0 atom stereocenters. The molecular formula is C15H25N3O2. The normalized spacial score (nSPS) is 11.2. The number of nitrogens with zero attached hydrogens (tertiary/aromatic N) is 1. The highest BCUT2D eigenvalue weighted by molar-refractivity contribution is 5.79. The second-order valence-electron chi connectivity index (χ2n) is 4.05. The molecule has 20 heavy (non-hydrogen) atoms. The van der Waals surface area contributed by atoms with Crippen molar-refractivity contribution in [3.05, 3.63) is 30.3 Å². The van der Waals surface area contributed by atoms with E-state index in [2.05, 4.69) is 15.6 Å². The number of hydrogen-bond acceptors (Lipinski definition) is 3. The van der Waals surface area contributed by atoms with E-state index >= 15 is 0 Å². The molecule has 5 nitrogen and oxygen atoms in total. The lowest BCUT2D eigenvalue weighted by molar-refractivity contribution is 0.155. The van der Waals surface area contributed by atoms with Crippen molar-refractivity contribution in [1.82, 2.24) is 10.6 Å². The van der Waals surface area contributed by atoms with E-state index in [1.807, 2.05) is 44.2 Å². The molecule has 2 N–H and O–H groups in total. The van der Waals surface area contributed by atoms with Crippen molar-refractivity contribution in [2.24, 2.45) is 4.99 Å². The number of benzene rings is 1. The first-order valence-corrected chi connectivity index (χ1v) is 7.14. The third-order valence-corrected chi connectivity index (χ3v) is 2.46. The maximum absolute atomic E-state index is 5.61. The summed E-state index contributed by atoms with van der Waals surface area (Å²) in [5.74, 6) is 1.68. The summed E-state index contributed by atoms with van der Waals surface area (Å²) in [6, 6.07) is 9.78. The maximum atomic E-state index is 5.61. The molecule has 1 rings (SSSR count). The van der Waals surface area contributed by atoms with Crippen LogP contribution in [-0.2, 0) is 4.74 Å². The number of ether oxygens (including phenoxy) is 2. The van der Waals surface area contributed by atoms with Gasteiger partial charge in [0.05, 0.1) is 19.7 Å². The topological polar surface area (TPSA) is 54.9 Å². The van der Waals surface area contributed by atoms with Crippen LogP contribution in [0.15, 0.2) is 35.3 Å². The Hall–Kier alpha value is -1.75. The zero-order valence-corrected chi connectivity index (χ0v) is 12.4. The molecule has 0 aliphatic heterocycles. The van der Waals surface area contributed by atoms with Gasteiger partial charge in [0.1, 0.15) is 12.4 Å². The van der Waals surface area contributed by atoms with Gasteiger partial charge in [-0.25, -0.2) is 0 Å². The molecule has 0 saturated carbocycles. The molecule has 0 unspecified atom stereocenters. The predicted octanol–water partition coefficient (Wildman–Crippen LogP) is 1.66. The molecule has 0 bridgehead atoms. The fraction of sp³-hybridized carbons (Fsp3) is 0.533. The summed E-state index contributed by atoms with van der Waals surface area (Å²) in [5.41, 5.74) is 0. The van der Waals surface area contributed by atoms with Crippen molar-refractivity contribution < 1.29 is 9.47 Å². The van der Waals surface area contributed by atoms with Crippen LogP contribution in [-0.4, -0.2) is 45.4 Å². The first-order chi connectivity index (χ1) is 9.86. The van der Waals surface area contributed by atoms with Crippen LogP contribution in [0.4, 0.5) is 0 Å². The third-order valence-electron chi connectivity index (χ3n) is 2.46. The van der Waals surface area contributed by atoms with Crippen molar-refractivity contribution >= 4 is 5.96 Å². The standard InChI is InChI=1S/C15H25N3O2/c1-3-16-15(17-10-12-19-4-2)18-11-13-20-14-8-6-5-7-9-14/h5-9H,3-4,10-13H2,1-2H3,(H2,16,17,18). The molecular weight excluding hydrogens is 254 g/mol. The molecule has 0 aliphatic rings. The van der Waals surface area contributed by atoms with Gasteiger partial charge in [-0.2, -0.15) is 0 Å². The monoisotopic (exact) mass is 279 g/mol. The predicted molar refractivity (Wildman–Crippen MR) is 82.4 cm³/mol. The van der Waals surface area contributed by atoms with E-state index in [4.69, 9.17) is 9.47 Å². The van der Waals surface area contributed by atoms with Crippen LogP contribution < -0.4 is 15.4 Å². The Kier molecular flexibility index (Phi) is 9.06. The molecule has 0 aromatic heterocycles. The fourth-order valence-corrected chi connectivity index (χ4v) is 1.56. The molecule has 1 aromatic rings. The highest BCUT2D eigenvalue weighted by Gasteiger charge is 1.97. The van der Waals surface area contributed by atoms with Gasteiger partial charge >= 0.3 is 0 Å². The minimum absolute atomic E-state index is 0.597. The number of nitrogens with one attached hydrogen (secondary N) is 2. The molecule has 0 amide bonds. The van der Waals surface area contributed by atoms with Crippen LogP contribution in [0.5, 0.6) is 5.75 Å². The quantitative estimate of drug-likeness (QED) is 0.410. The van der Waals surface area contributed by atoms with E-state index in [1.54, 1.807) is 0 Å². The highest BCUT2D eigenvalue weighted by Crippen LogP contribution is 2.07. The Balaban J connectivity index is 2.21. The Morgan fingerprint density at radius 2 is 1.90 bits per heavy atom. The van der Waals surface area contributed by atoms with Gasteiger partial charge < -0.3 is 20.1 Å². The molecule has 0 fully saturated rings. The first-order valence-electron chi connectivity index (χ1n) is 7.14. The van der Waals surface area contributed by atoms with Gasteiger partial charge in [0.2, 0.25) is 0 Å². The Morgan fingerprint density at radius 3 is 2.60 bits per heavy atom. The molecule has 0 saturated heterocycles. The second-order valence-corrected chi connectivity index (χ2v) is 4.05. The van der Waals surface area contributed by atoms with E-state index in [1.165, 1.54) is 0 Å². The van der Waals surface area contributed by atoms with Crippen LogP contribution in [0.25, 0.3) is 0 Å². The maximum Gasteiger partial charge on any atom is 0.191 e. The lowest BCUT2D eigenvalue weighted by Crippen LogP contribution is -2.39. The SMILES string of the molecule is CCNC(=NCCOCC)NCCOc1ccccc1. The summed E-state index contributed by atoms with van der Waals surface area (Å²) >= 11 is 0. The second kappa shape index (κ2) is 11.1. The first kappa shape index (κ1) is 16.3. The van der Waals surface area contributed by atoms with Crippen LogP contribution in [0.1, 0.15) is 13.8 Å². The Labute approximate surface area is 121 Å². The van der Waals surface area contributed by atoms with Gasteiger partial charge in [-0.1, -0.05) is 18.2 Å². The van der Waals surface area contributed by atoms with Crippen LogP contribution in [0.3, 0.4) is 0 Å². The minimum Gasteiger partial charge on any atom is -0.492 e. The summed E-state index contributed by atoms with van der Waals surface area (Å²) in [4.78, 5) is 4.41. The van der Waals surface area contributed by atoms with Crippen molar-refractivity contribution in [3.8, 4) is 5.75 Å². The molecule has 0 spiro atoms. The van der Waals surface area contributed by atoms with Gasteiger partial charge in [0.15, 0.2) is 5.96 Å². The van der Waals surface area contributed by atoms with E-state index in [0.29, 0.717) is 26.3 Å². The summed E-state index contributed by atoms with van der Waals surface area (Å²) < 4.78 is 10.9. The number of para-hydroxylation sites is 1. The smallest absolute Gasteiger partial charge is 0.191 e. The van der Waals surface area contributed by atoms with E-state index in [9.17, 15) is 0 Å². The summed E-state index contributed by atoms with van der Waals surface area (Å²) in [7, 11) is 0. The summed E-state index contributed by atoms with van der Waals surface area (Å²) in [5, 5.41) is 6.41. The Bertz CT molecular complexity index is 369. The molecule has 0 heterocycles. The third kappa shape index (κ3) is 7.63. The van der Waals surface area contributed by atoms with Crippen LogP contribution in [0, 0.1) is 0 Å². The van der Waals surface area contributed by atoms with Gasteiger partial charge in [0, 0.05) is 13.2 Å². The molecule has 1 aromatic carbocycles.